The fraction of sp³-hybridized carbons (Fsp3) is 0.381. The Hall–Kier alpha value is -3.38. The molecule has 2 aromatic carbocycles. The number of nitro benzene ring substituents is 2. The van der Waals surface area contributed by atoms with E-state index in [0.717, 1.165) is 24.6 Å². The summed E-state index contributed by atoms with van der Waals surface area (Å²) in [5.41, 5.74) is -0.912. The summed E-state index contributed by atoms with van der Waals surface area (Å²) in [4.78, 5) is 33.3. The number of benzene rings is 2. The van der Waals surface area contributed by atoms with E-state index >= 15 is 0 Å². The van der Waals surface area contributed by atoms with E-state index in [1.54, 1.807) is 0 Å². The molecule has 2 unspecified atom stereocenters. The number of non-ortho nitro benzene ring substituents is 1. The lowest BCUT2D eigenvalue weighted by Crippen LogP contribution is -2.42. The second kappa shape index (κ2) is 9.63. The first-order chi connectivity index (χ1) is 15.5. The van der Waals surface area contributed by atoms with Gasteiger partial charge in [-0.2, -0.15) is 4.31 Å². The van der Waals surface area contributed by atoms with E-state index in [9.17, 15) is 33.4 Å². The molecule has 1 fully saturated rings. The largest absolute Gasteiger partial charge is 0.372 e. The molecule has 11 nitrogen and oxygen atoms in total. The Morgan fingerprint density at radius 3 is 2.33 bits per heavy atom. The third kappa shape index (κ3) is 5.52. The quantitative estimate of drug-likeness (QED) is 0.345. The maximum absolute atomic E-state index is 13.1. The van der Waals surface area contributed by atoms with Crippen LogP contribution in [0.15, 0.2) is 47.4 Å². The van der Waals surface area contributed by atoms with Crippen molar-refractivity contribution in [1.29, 1.82) is 0 Å². The van der Waals surface area contributed by atoms with Gasteiger partial charge in [0.2, 0.25) is 10.0 Å². The van der Waals surface area contributed by atoms with E-state index in [1.807, 2.05) is 13.8 Å². The van der Waals surface area contributed by atoms with Crippen LogP contribution in [0.1, 0.15) is 30.6 Å². The first-order valence-corrected chi connectivity index (χ1v) is 11.7. The first kappa shape index (κ1) is 24.3. The number of anilines is 1. The molecule has 2 aromatic rings. The molecule has 0 radical (unpaired) electrons. The summed E-state index contributed by atoms with van der Waals surface area (Å²) in [5, 5.41) is 24.7. The SMILES string of the molecule is CC1CC(C)CN(S(=O)(=O)c2cccc(C(=O)CNc3ccc([N+](=O)[O-])cc3[N+](=O)[O-])c2)C1. The Labute approximate surface area is 190 Å². The van der Waals surface area contributed by atoms with Gasteiger partial charge in [-0.05, 0) is 36.5 Å². The molecular formula is C21H24N4O7S. The van der Waals surface area contributed by atoms with Gasteiger partial charge in [-0.15, -0.1) is 0 Å². The second-order valence-electron chi connectivity index (χ2n) is 8.29. The lowest BCUT2D eigenvalue weighted by molar-refractivity contribution is -0.393. The van der Waals surface area contributed by atoms with Gasteiger partial charge in [0, 0.05) is 24.7 Å². The number of sulfonamides is 1. The van der Waals surface area contributed by atoms with Crippen LogP contribution in [0, 0.1) is 32.1 Å². The molecule has 33 heavy (non-hydrogen) atoms. The molecule has 1 aliphatic rings. The second-order valence-corrected chi connectivity index (χ2v) is 10.2. The highest BCUT2D eigenvalue weighted by molar-refractivity contribution is 7.89. The van der Waals surface area contributed by atoms with Crippen molar-refractivity contribution < 1.29 is 23.1 Å². The highest BCUT2D eigenvalue weighted by Gasteiger charge is 2.32. The smallest absolute Gasteiger partial charge is 0.299 e. The summed E-state index contributed by atoms with van der Waals surface area (Å²) < 4.78 is 27.7. The Morgan fingerprint density at radius 2 is 1.73 bits per heavy atom. The monoisotopic (exact) mass is 476 g/mol. The van der Waals surface area contributed by atoms with E-state index in [2.05, 4.69) is 5.32 Å². The van der Waals surface area contributed by atoms with Crippen LogP contribution >= 0.6 is 0 Å². The van der Waals surface area contributed by atoms with Crippen molar-refractivity contribution in [3.63, 3.8) is 0 Å². The number of hydrogen-bond donors (Lipinski definition) is 1. The summed E-state index contributed by atoms with van der Waals surface area (Å²) >= 11 is 0. The Kier molecular flexibility index (Phi) is 7.08. The molecule has 1 heterocycles. The van der Waals surface area contributed by atoms with E-state index in [-0.39, 0.29) is 34.5 Å². The van der Waals surface area contributed by atoms with Crippen LogP contribution in [-0.2, 0) is 10.0 Å². The van der Waals surface area contributed by atoms with E-state index in [0.29, 0.717) is 13.1 Å². The molecule has 176 valence electrons. The highest BCUT2D eigenvalue weighted by Crippen LogP contribution is 2.29. The third-order valence-corrected chi connectivity index (χ3v) is 7.29. The number of carbonyl (C=O) groups is 1. The highest BCUT2D eigenvalue weighted by atomic mass is 32.2. The van der Waals surface area contributed by atoms with Crippen LogP contribution < -0.4 is 5.32 Å². The number of nitrogens with zero attached hydrogens (tertiary/aromatic N) is 3. The van der Waals surface area contributed by atoms with Crippen LogP contribution in [-0.4, -0.2) is 48.0 Å². The minimum Gasteiger partial charge on any atom is -0.372 e. The van der Waals surface area contributed by atoms with Crippen molar-refractivity contribution in [2.24, 2.45) is 11.8 Å². The molecule has 0 bridgehead atoms. The predicted molar refractivity (Wildman–Crippen MR) is 121 cm³/mol. The molecule has 0 spiro atoms. The molecule has 0 saturated carbocycles. The minimum atomic E-state index is -3.77. The van der Waals surface area contributed by atoms with E-state index in [1.165, 1.54) is 28.6 Å². The zero-order chi connectivity index (χ0) is 24.3. The minimum absolute atomic E-state index is 0.0102. The standard InChI is InChI=1S/C21H24N4O7S/c1-14-8-15(2)13-23(12-14)33(31,32)18-5-3-4-16(9-18)21(26)11-22-19-7-6-17(24(27)28)10-20(19)25(29)30/h3-7,9-10,14-15,22H,8,11-13H2,1-2H3. The lowest BCUT2D eigenvalue weighted by Gasteiger charge is -2.34. The van der Waals surface area contributed by atoms with Crippen LogP contribution in [0.3, 0.4) is 0 Å². The Bertz CT molecular complexity index is 1190. The van der Waals surface area contributed by atoms with Gasteiger partial charge in [-0.3, -0.25) is 25.0 Å². The molecule has 0 aliphatic carbocycles. The van der Waals surface area contributed by atoms with Crippen molar-refractivity contribution in [3.8, 4) is 0 Å². The van der Waals surface area contributed by atoms with Crippen molar-refractivity contribution in [1.82, 2.24) is 4.31 Å². The number of ketones is 1. The van der Waals surface area contributed by atoms with Gasteiger partial charge in [-0.1, -0.05) is 26.0 Å². The lowest BCUT2D eigenvalue weighted by atomic mass is 9.94. The molecule has 0 aromatic heterocycles. The molecule has 0 amide bonds. The number of rotatable bonds is 8. The number of piperidine rings is 1. The van der Waals surface area contributed by atoms with Gasteiger partial charge in [0.05, 0.1) is 27.4 Å². The number of carbonyl (C=O) groups excluding carboxylic acids is 1. The average molecular weight is 477 g/mol. The van der Waals surface area contributed by atoms with Gasteiger partial charge >= 0.3 is 0 Å². The topological polar surface area (TPSA) is 153 Å². The molecule has 2 atom stereocenters. The molecule has 1 saturated heterocycles. The fourth-order valence-corrected chi connectivity index (χ4v) is 5.72. The number of nitrogens with one attached hydrogen (secondary N) is 1. The fourth-order valence-electron chi connectivity index (χ4n) is 3.99. The van der Waals surface area contributed by atoms with Gasteiger partial charge in [-0.25, -0.2) is 8.42 Å². The van der Waals surface area contributed by atoms with Gasteiger partial charge in [0.15, 0.2) is 5.78 Å². The third-order valence-electron chi connectivity index (χ3n) is 5.46. The molecule has 3 rings (SSSR count). The number of nitro groups is 2. The molecular weight excluding hydrogens is 452 g/mol. The first-order valence-electron chi connectivity index (χ1n) is 10.3. The molecule has 12 heteroatoms. The summed E-state index contributed by atoms with van der Waals surface area (Å²) in [6.07, 6.45) is 0.949. The van der Waals surface area contributed by atoms with Crippen LogP contribution in [0.5, 0.6) is 0 Å². The zero-order valence-electron chi connectivity index (χ0n) is 18.1. The van der Waals surface area contributed by atoms with Gasteiger partial charge in [0.25, 0.3) is 11.4 Å². The summed E-state index contributed by atoms with van der Waals surface area (Å²) in [5.74, 6) is -0.0230. The summed E-state index contributed by atoms with van der Waals surface area (Å²) in [6, 6.07) is 8.73. The van der Waals surface area contributed by atoms with E-state index in [4.69, 9.17) is 0 Å². The number of hydrogen-bond acceptors (Lipinski definition) is 8. The molecule has 1 N–H and O–H groups in total. The van der Waals surface area contributed by atoms with Crippen molar-refractivity contribution in [3.05, 3.63) is 68.3 Å². The van der Waals surface area contributed by atoms with Crippen LogP contribution in [0.4, 0.5) is 17.1 Å². The zero-order valence-corrected chi connectivity index (χ0v) is 18.9. The van der Waals surface area contributed by atoms with Crippen LogP contribution in [0.2, 0.25) is 0 Å². The van der Waals surface area contributed by atoms with Crippen LogP contribution in [0.25, 0.3) is 0 Å². The predicted octanol–water partition coefficient (Wildman–Crippen LogP) is 3.46. The van der Waals surface area contributed by atoms with Crippen molar-refractivity contribution in [2.75, 3.05) is 25.0 Å². The summed E-state index contributed by atoms with van der Waals surface area (Å²) in [6.45, 7) is 4.47. The van der Waals surface area contributed by atoms with E-state index < -0.39 is 37.0 Å². The maximum Gasteiger partial charge on any atom is 0.299 e. The Morgan fingerprint density at radius 1 is 1.06 bits per heavy atom. The maximum atomic E-state index is 13.1. The molecule has 1 aliphatic heterocycles. The summed E-state index contributed by atoms with van der Waals surface area (Å²) in [7, 11) is -3.77. The van der Waals surface area contributed by atoms with Gasteiger partial charge in [0.1, 0.15) is 5.69 Å². The van der Waals surface area contributed by atoms with Gasteiger partial charge < -0.3 is 5.32 Å². The normalized spacial score (nSPS) is 19.1. The average Bonchev–Trinajstić information content (AvgIpc) is 2.76. The Balaban J connectivity index is 1.78. The van der Waals surface area contributed by atoms with Crippen molar-refractivity contribution >= 4 is 32.9 Å². The number of Topliss-reactive ketones (excluding diaryl/α,β-unsaturated/α-hetero) is 1. The van der Waals surface area contributed by atoms with Crippen molar-refractivity contribution in [2.45, 2.75) is 25.2 Å².